The maximum Gasteiger partial charge on any atom is 0.413 e. The molecule has 0 saturated carbocycles. The van der Waals surface area contributed by atoms with Crippen LogP contribution < -0.4 is 15.9 Å². The van der Waals surface area contributed by atoms with Gasteiger partial charge in [0.2, 0.25) is 5.95 Å². The minimum atomic E-state index is -0.566. The second-order valence-electron chi connectivity index (χ2n) is 8.58. The first kappa shape index (κ1) is 24.8. The smallest absolute Gasteiger partial charge is 0.413 e. The topological polar surface area (TPSA) is 98.4 Å². The summed E-state index contributed by atoms with van der Waals surface area (Å²) < 4.78 is 4.65. The minimum absolute atomic E-state index is 0.350. The van der Waals surface area contributed by atoms with Gasteiger partial charge >= 0.3 is 6.09 Å². The SMILES string of the molecule is C=c1[nH]cc/c1=C(/N=C\C)N(CCC)Cc1cc(-c2ccc3nc(NC(=O)OC)[nH]c3c2)ccc1C. The molecule has 0 radical (unpaired) electrons. The number of benzene rings is 2. The van der Waals surface area contributed by atoms with E-state index in [9.17, 15) is 4.79 Å². The summed E-state index contributed by atoms with van der Waals surface area (Å²) >= 11 is 0. The van der Waals surface area contributed by atoms with E-state index in [1.54, 1.807) is 0 Å². The van der Waals surface area contributed by atoms with Crippen LogP contribution in [0.5, 0.6) is 0 Å². The Bertz CT molecular complexity index is 1510. The Morgan fingerprint density at radius 2 is 2.00 bits per heavy atom. The number of aromatic amines is 2. The molecule has 0 fully saturated rings. The summed E-state index contributed by atoms with van der Waals surface area (Å²) in [6, 6.07) is 14.6. The predicted octanol–water partition coefficient (Wildman–Crippen LogP) is 4.52. The van der Waals surface area contributed by atoms with Crippen molar-refractivity contribution in [3.05, 3.63) is 70.4 Å². The van der Waals surface area contributed by atoms with Crippen molar-refractivity contribution in [3.63, 3.8) is 0 Å². The van der Waals surface area contributed by atoms with Gasteiger partial charge in [-0.2, -0.15) is 0 Å². The molecule has 3 N–H and O–H groups in total. The van der Waals surface area contributed by atoms with Crippen LogP contribution in [0.2, 0.25) is 0 Å². The Balaban J connectivity index is 1.69. The van der Waals surface area contributed by atoms with Crippen molar-refractivity contribution in [2.75, 3.05) is 19.0 Å². The van der Waals surface area contributed by atoms with Crippen LogP contribution in [0.3, 0.4) is 0 Å². The summed E-state index contributed by atoms with van der Waals surface area (Å²) in [5.41, 5.74) is 6.20. The van der Waals surface area contributed by atoms with Gasteiger partial charge in [0.1, 0.15) is 5.82 Å². The van der Waals surface area contributed by atoms with E-state index in [2.05, 4.69) is 68.5 Å². The Morgan fingerprint density at radius 3 is 2.69 bits per heavy atom. The van der Waals surface area contributed by atoms with E-state index in [1.807, 2.05) is 43.6 Å². The highest BCUT2D eigenvalue weighted by molar-refractivity contribution is 5.88. The summed E-state index contributed by atoms with van der Waals surface area (Å²) in [6.45, 7) is 12.0. The van der Waals surface area contributed by atoms with Gasteiger partial charge in [0.25, 0.3) is 0 Å². The van der Waals surface area contributed by atoms with Crippen molar-refractivity contribution in [3.8, 4) is 11.1 Å². The molecular formula is C28H32N6O2. The molecule has 36 heavy (non-hydrogen) atoms. The maximum atomic E-state index is 11.5. The van der Waals surface area contributed by atoms with Gasteiger partial charge in [-0.25, -0.2) is 14.8 Å². The number of H-pyrrole nitrogens is 2. The molecule has 0 unspecified atom stereocenters. The molecular weight excluding hydrogens is 452 g/mol. The fourth-order valence-electron chi connectivity index (χ4n) is 4.21. The van der Waals surface area contributed by atoms with Gasteiger partial charge in [-0.05, 0) is 66.8 Å². The summed E-state index contributed by atoms with van der Waals surface area (Å²) in [5, 5.41) is 4.44. The highest BCUT2D eigenvalue weighted by atomic mass is 16.5. The van der Waals surface area contributed by atoms with E-state index in [-0.39, 0.29) is 0 Å². The fourth-order valence-corrected chi connectivity index (χ4v) is 4.21. The number of hydrogen-bond donors (Lipinski definition) is 3. The molecule has 4 aromatic rings. The van der Waals surface area contributed by atoms with Crippen LogP contribution in [0.4, 0.5) is 10.7 Å². The van der Waals surface area contributed by atoms with Crippen molar-refractivity contribution in [2.24, 2.45) is 4.99 Å². The molecule has 1 amide bonds. The standard InChI is InChI=1S/C28H32N6O2/c1-6-14-34(26(29-7-2)23-12-13-30-19(23)4)17-22-15-20(9-8-18(22)3)21-10-11-24-25(16-21)32-27(31-24)33-28(35)36-5/h7-13,15-16,30H,4,6,14,17H2,1-3,5H3,(H2,31,32,33,35)/b26-23+,29-7-. The van der Waals surface area contributed by atoms with Gasteiger partial charge in [-0.1, -0.05) is 31.7 Å². The first-order valence-corrected chi connectivity index (χ1v) is 12.0. The van der Waals surface area contributed by atoms with E-state index in [4.69, 9.17) is 4.99 Å². The summed E-state index contributed by atoms with van der Waals surface area (Å²) in [4.78, 5) is 29.3. The number of imidazole rings is 1. The Hall–Kier alpha value is -4.33. The van der Waals surface area contributed by atoms with Crippen molar-refractivity contribution in [2.45, 2.75) is 33.7 Å². The highest BCUT2D eigenvalue weighted by Crippen LogP contribution is 2.27. The summed E-state index contributed by atoms with van der Waals surface area (Å²) in [5.74, 6) is 1.27. The zero-order chi connectivity index (χ0) is 25.7. The lowest BCUT2D eigenvalue weighted by Crippen LogP contribution is -2.32. The van der Waals surface area contributed by atoms with E-state index in [0.29, 0.717) is 5.95 Å². The number of anilines is 1. The van der Waals surface area contributed by atoms with E-state index in [0.717, 1.165) is 58.1 Å². The summed E-state index contributed by atoms with van der Waals surface area (Å²) in [7, 11) is 1.32. The number of amides is 1. The largest absolute Gasteiger partial charge is 0.453 e. The van der Waals surface area contributed by atoms with Crippen molar-refractivity contribution in [1.82, 2.24) is 19.9 Å². The number of nitrogens with one attached hydrogen (secondary N) is 3. The van der Waals surface area contributed by atoms with E-state index >= 15 is 0 Å². The van der Waals surface area contributed by atoms with Crippen molar-refractivity contribution >= 4 is 41.7 Å². The fraction of sp³-hybridized carbons (Fsp3) is 0.250. The zero-order valence-electron chi connectivity index (χ0n) is 21.2. The van der Waals surface area contributed by atoms with Crippen LogP contribution in [0.1, 0.15) is 31.4 Å². The summed E-state index contributed by atoms with van der Waals surface area (Å²) in [6.07, 6.45) is 4.16. The Labute approximate surface area is 210 Å². The minimum Gasteiger partial charge on any atom is -0.453 e. The van der Waals surface area contributed by atoms with Gasteiger partial charge in [0.05, 0.1) is 18.1 Å². The second kappa shape index (κ2) is 10.9. The molecule has 2 aromatic heterocycles. The van der Waals surface area contributed by atoms with Gasteiger partial charge in [0, 0.05) is 36.1 Å². The lowest BCUT2D eigenvalue weighted by Gasteiger charge is -2.25. The number of carbonyl (C=O) groups is 1. The number of aliphatic imine (C=N–C) groups is 1. The first-order chi connectivity index (χ1) is 17.4. The average molecular weight is 485 g/mol. The molecule has 0 saturated heterocycles. The molecule has 0 atom stereocenters. The number of hydrogen-bond acceptors (Lipinski definition) is 5. The van der Waals surface area contributed by atoms with Crippen LogP contribution in [0, 0.1) is 6.92 Å². The monoisotopic (exact) mass is 484 g/mol. The van der Waals surface area contributed by atoms with Gasteiger partial charge in [-0.3, -0.25) is 5.32 Å². The predicted molar refractivity (Wildman–Crippen MR) is 146 cm³/mol. The van der Waals surface area contributed by atoms with Crippen LogP contribution in [0.15, 0.2) is 53.7 Å². The molecule has 0 aliphatic rings. The third-order valence-corrected chi connectivity index (χ3v) is 6.05. The molecule has 0 bridgehead atoms. The Kier molecular flexibility index (Phi) is 7.53. The molecule has 2 heterocycles. The molecule has 0 aliphatic heterocycles. The molecule has 8 heteroatoms. The lowest BCUT2D eigenvalue weighted by atomic mass is 9.99. The number of nitrogens with zero attached hydrogens (tertiary/aromatic N) is 3. The number of fused-ring (bicyclic) bond motifs is 1. The van der Waals surface area contributed by atoms with E-state index in [1.165, 1.54) is 18.2 Å². The van der Waals surface area contributed by atoms with Crippen LogP contribution in [0.25, 0.3) is 34.6 Å². The second-order valence-corrected chi connectivity index (χ2v) is 8.58. The van der Waals surface area contributed by atoms with Gasteiger partial charge in [-0.15, -0.1) is 0 Å². The first-order valence-electron chi connectivity index (χ1n) is 12.0. The third-order valence-electron chi connectivity index (χ3n) is 6.05. The van der Waals surface area contributed by atoms with Crippen LogP contribution >= 0.6 is 0 Å². The quantitative estimate of drug-likeness (QED) is 0.320. The van der Waals surface area contributed by atoms with Crippen molar-refractivity contribution < 1.29 is 9.53 Å². The van der Waals surface area contributed by atoms with Crippen LogP contribution in [-0.2, 0) is 11.3 Å². The molecule has 186 valence electrons. The molecule has 4 rings (SSSR count). The molecule has 8 nitrogen and oxygen atoms in total. The van der Waals surface area contributed by atoms with Gasteiger partial charge in [0.15, 0.2) is 0 Å². The number of methoxy groups -OCH3 is 1. The van der Waals surface area contributed by atoms with Crippen molar-refractivity contribution in [1.29, 1.82) is 0 Å². The highest BCUT2D eigenvalue weighted by Gasteiger charge is 2.14. The number of ether oxygens (including phenoxy) is 1. The number of rotatable bonds is 8. The normalized spacial score (nSPS) is 12.2. The Morgan fingerprint density at radius 1 is 1.22 bits per heavy atom. The molecule has 2 aromatic carbocycles. The van der Waals surface area contributed by atoms with Gasteiger partial charge < -0.3 is 19.6 Å². The number of carbonyl (C=O) groups excluding carboxylic acids is 1. The lowest BCUT2D eigenvalue weighted by molar-refractivity contribution is 0.186. The maximum absolute atomic E-state index is 11.5. The zero-order valence-corrected chi connectivity index (χ0v) is 21.2. The third kappa shape index (κ3) is 5.33. The molecule has 0 spiro atoms. The number of aromatic nitrogens is 3. The molecule has 0 aliphatic carbocycles. The number of aryl methyl sites for hydroxylation is 1. The van der Waals surface area contributed by atoms with Crippen LogP contribution in [-0.4, -0.2) is 45.8 Å². The average Bonchev–Trinajstić information content (AvgIpc) is 3.48. The van der Waals surface area contributed by atoms with E-state index < -0.39 is 6.09 Å².